The van der Waals surface area contributed by atoms with E-state index in [1.54, 1.807) is 7.11 Å². The molecule has 2 aromatic carbocycles. The zero-order valence-electron chi connectivity index (χ0n) is 12.5. The van der Waals surface area contributed by atoms with Crippen molar-refractivity contribution < 1.29 is 9.84 Å². The third-order valence-corrected chi connectivity index (χ3v) is 3.73. The number of benzene rings is 2. The second-order valence-corrected chi connectivity index (χ2v) is 5.07. The van der Waals surface area contributed by atoms with E-state index in [1.165, 1.54) is 0 Å². The van der Waals surface area contributed by atoms with Gasteiger partial charge >= 0.3 is 0 Å². The molecule has 0 atom stereocenters. The topological polar surface area (TPSA) is 73.3 Å². The normalized spacial score (nSPS) is 11.0. The number of aromatic nitrogens is 2. The summed E-state index contributed by atoms with van der Waals surface area (Å²) in [7, 11) is 1.64. The summed E-state index contributed by atoms with van der Waals surface area (Å²) in [6.45, 7) is 1.08. The van der Waals surface area contributed by atoms with Crippen LogP contribution in [-0.4, -0.2) is 28.4 Å². The fraction of sp³-hybridized carbons (Fsp3) is 0.235. The number of hydrogen-bond acceptors (Lipinski definition) is 4. The minimum atomic E-state index is 0.0609. The first-order chi connectivity index (χ1) is 10.8. The summed E-state index contributed by atoms with van der Waals surface area (Å²) in [5.74, 6) is 1.60. The van der Waals surface area contributed by atoms with Crippen LogP contribution in [-0.2, 0) is 13.1 Å². The average molecular weight is 297 g/mol. The van der Waals surface area contributed by atoms with Gasteiger partial charge in [0.05, 0.1) is 24.8 Å². The van der Waals surface area contributed by atoms with Gasteiger partial charge in [0, 0.05) is 24.7 Å². The number of fused-ring (bicyclic) bond motifs is 1. The molecule has 1 aromatic heterocycles. The second kappa shape index (κ2) is 6.17. The molecule has 0 aliphatic heterocycles. The van der Waals surface area contributed by atoms with E-state index in [9.17, 15) is 5.11 Å². The third-order valence-electron chi connectivity index (χ3n) is 3.73. The van der Waals surface area contributed by atoms with Gasteiger partial charge in [0.1, 0.15) is 11.6 Å². The number of aliphatic hydroxyl groups excluding tert-OH is 1. The zero-order chi connectivity index (χ0) is 15.5. The molecule has 5 nitrogen and oxygen atoms in total. The fourth-order valence-electron chi connectivity index (χ4n) is 2.57. The number of nitrogens with two attached hydrogens (primary N) is 1. The van der Waals surface area contributed by atoms with E-state index in [-0.39, 0.29) is 6.61 Å². The highest BCUT2D eigenvalue weighted by Gasteiger charge is 2.13. The lowest BCUT2D eigenvalue weighted by molar-refractivity contribution is 0.278. The molecule has 0 fully saturated rings. The molecule has 0 spiro atoms. The minimum Gasteiger partial charge on any atom is -0.497 e. The van der Waals surface area contributed by atoms with Gasteiger partial charge in [-0.05, 0) is 17.7 Å². The molecule has 22 heavy (non-hydrogen) atoms. The lowest BCUT2D eigenvalue weighted by Gasteiger charge is -2.08. The summed E-state index contributed by atoms with van der Waals surface area (Å²) in [5.41, 5.74) is 9.55. The van der Waals surface area contributed by atoms with E-state index < -0.39 is 0 Å². The lowest BCUT2D eigenvalue weighted by atomic mass is 10.1. The van der Waals surface area contributed by atoms with E-state index >= 15 is 0 Å². The summed E-state index contributed by atoms with van der Waals surface area (Å²) in [6.07, 6.45) is 0. The van der Waals surface area contributed by atoms with E-state index in [0.717, 1.165) is 33.7 Å². The molecule has 0 aliphatic rings. The molecule has 0 amide bonds. The molecule has 5 heteroatoms. The van der Waals surface area contributed by atoms with Crippen molar-refractivity contribution in [3.8, 4) is 17.1 Å². The maximum absolute atomic E-state index is 9.36. The van der Waals surface area contributed by atoms with Gasteiger partial charge in [0.25, 0.3) is 0 Å². The van der Waals surface area contributed by atoms with Crippen molar-refractivity contribution in [1.29, 1.82) is 0 Å². The standard InChI is InChI=1S/C17H19N3O2/c1-22-14-6-7-16-15(10-14)19-17(20(16)8-9-21)13-4-2-12(11-18)3-5-13/h2-7,10,21H,8-9,11,18H2,1H3. The molecule has 3 rings (SSSR count). The number of ether oxygens (including phenoxy) is 1. The quantitative estimate of drug-likeness (QED) is 0.757. The zero-order valence-corrected chi connectivity index (χ0v) is 12.5. The molecule has 0 saturated carbocycles. The van der Waals surface area contributed by atoms with Crippen LogP contribution in [0.1, 0.15) is 5.56 Å². The predicted molar refractivity (Wildman–Crippen MR) is 86.7 cm³/mol. The van der Waals surface area contributed by atoms with Gasteiger partial charge in [0.2, 0.25) is 0 Å². The predicted octanol–water partition coefficient (Wildman–Crippen LogP) is 2.16. The first-order valence-corrected chi connectivity index (χ1v) is 7.21. The monoisotopic (exact) mass is 297 g/mol. The van der Waals surface area contributed by atoms with Crippen LogP contribution in [0, 0.1) is 0 Å². The molecular weight excluding hydrogens is 278 g/mol. The van der Waals surface area contributed by atoms with Gasteiger partial charge in [-0.2, -0.15) is 0 Å². The maximum Gasteiger partial charge on any atom is 0.141 e. The van der Waals surface area contributed by atoms with Crippen molar-refractivity contribution in [2.75, 3.05) is 13.7 Å². The SMILES string of the molecule is COc1ccc2c(c1)nc(-c1ccc(CN)cc1)n2CCO. The molecule has 1 heterocycles. The molecule has 0 unspecified atom stereocenters. The molecule has 114 valence electrons. The number of imidazole rings is 1. The van der Waals surface area contributed by atoms with Crippen LogP contribution in [0.3, 0.4) is 0 Å². The second-order valence-electron chi connectivity index (χ2n) is 5.07. The maximum atomic E-state index is 9.36. The van der Waals surface area contributed by atoms with E-state index in [0.29, 0.717) is 13.1 Å². The highest BCUT2D eigenvalue weighted by atomic mass is 16.5. The van der Waals surface area contributed by atoms with Gasteiger partial charge in [-0.3, -0.25) is 0 Å². The Hall–Kier alpha value is -2.37. The molecule has 0 bridgehead atoms. The average Bonchev–Trinajstić information content (AvgIpc) is 2.93. The number of rotatable bonds is 5. The van der Waals surface area contributed by atoms with Gasteiger partial charge in [-0.1, -0.05) is 24.3 Å². The Morgan fingerprint density at radius 1 is 1.18 bits per heavy atom. The third kappa shape index (κ3) is 2.56. The number of hydrogen-bond donors (Lipinski definition) is 2. The van der Waals surface area contributed by atoms with Crippen molar-refractivity contribution in [3.05, 3.63) is 48.0 Å². The van der Waals surface area contributed by atoms with Crippen molar-refractivity contribution in [1.82, 2.24) is 9.55 Å². The Balaban J connectivity index is 2.15. The van der Waals surface area contributed by atoms with Crippen molar-refractivity contribution >= 4 is 11.0 Å². The van der Waals surface area contributed by atoms with Crippen LogP contribution in [0.15, 0.2) is 42.5 Å². The molecule has 0 saturated heterocycles. The van der Waals surface area contributed by atoms with Crippen LogP contribution < -0.4 is 10.5 Å². The van der Waals surface area contributed by atoms with Crippen LogP contribution in [0.2, 0.25) is 0 Å². The van der Waals surface area contributed by atoms with Crippen molar-refractivity contribution in [2.45, 2.75) is 13.1 Å². The van der Waals surface area contributed by atoms with Gasteiger partial charge < -0.3 is 20.1 Å². The number of aliphatic hydroxyl groups is 1. The lowest BCUT2D eigenvalue weighted by Crippen LogP contribution is -2.04. The minimum absolute atomic E-state index is 0.0609. The van der Waals surface area contributed by atoms with E-state index in [4.69, 9.17) is 15.5 Å². The Morgan fingerprint density at radius 2 is 1.95 bits per heavy atom. The summed E-state index contributed by atoms with van der Waals surface area (Å²) >= 11 is 0. The van der Waals surface area contributed by atoms with Crippen LogP contribution in [0.25, 0.3) is 22.4 Å². The van der Waals surface area contributed by atoms with Crippen molar-refractivity contribution in [3.63, 3.8) is 0 Å². The summed E-state index contributed by atoms with van der Waals surface area (Å²) in [4.78, 5) is 4.71. The van der Waals surface area contributed by atoms with E-state index in [2.05, 4.69) is 0 Å². The summed E-state index contributed by atoms with van der Waals surface area (Å²) in [6, 6.07) is 13.8. The number of methoxy groups -OCH3 is 1. The first-order valence-electron chi connectivity index (χ1n) is 7.21. The first kappa shape index (κ1) is 14.6. The Bertz CT molecular complexity index is 778. The van der Waals surface area contributed by atoms with Crippen LogP contribution in [0.4, 0.5) is 0 Å². The Labute approximate surface area is 129 Å². The molecular formula is C17H19N3O2. The van der Waals surface area contributed by atoms with Gasteiger partial charge in [-0.25, -0.2) is 4.98 Å². The number of nitrogens with zero attached hydrogens (tertiary/aromatic N) is 2. The smallest absolute Gasteiger partial charge is 0.141 e. The van der Waals surface area contributed by atoms with E-state index in [1.807, 2.05) is 47.0 Å². The molecule has 0 aliphatic carbocycles. The van der Waals surface area contributed by atoms with Gasteiger partial charge in [0.15, 0.2) is 0 Å². The summed E-state index contributed by atoms with van der Waals surface area (Å²) in [5, 5.41) is 9.36. The molecule has 3 aromatic rings. The largest absolute Gasteiger partial charge is 0.497 e. The van der Waals surface area contributed by atoms with Crippen LogP contribution in [0.5, 0.6) is 5.75 Å². The highest BCUT2D eigenvalue weighted by Crippen LogP contribution is 2.27. The van der Waals surface area contributed by atoms with Crippen LogP contribution >= 0.6 is 0 Å². The Kier molecular flexibility index (Phi) is 4.09. The Morgan fingerprint density at radius 3 is 2.59 bits per heavy atom. The van der Waals surface area contributed by atoms with Crippen molar-refractivity contribution in [2.24, 2.45) is 5.73 Å². The molecule has 0 radical (unpaired) electrons. The fourth-order valence-corrected chi connectivity index (χ4v) is 2.57. The molecule has 3 N–H and O–H groups in total. The highest BCUT2D eigenvalue weighted by molar-refractivity contribution is 5.82. The van der Waals surface area contributed by atoms with Gasteiger partial charge in [-0.15, -0.1) is 0 Å². The summed E-state index contributed by atoms with van der Waals surface area (Å²) < 4.78 is 7.27.